The summed E-state index contributed by atoms with van der Waals surface area (Å²) in [4.78, 5) is 16.3. The van der Waals surface area contributed by atoms with Crippen LogP contribution < -0.4 is 10.1 Å². The zero-order valence-electron chi connectivity index (χ0n) is 16.2. The summed E-state index contributed by atoms with van der Waals surface area (Å²) < 4.78 is 46.8. The Labute approximate surface area is 180 Å². The molecule has 4 aromatic rings. The monoisotopic (exact) mass is 442 g/mol. The van der Waals surface area contributed by atoms with Crippen LogP contribution in [-0.4, -0.2) is 17.4 Å². The molecule has 3 aromatic carbocycles. The van der Waals surface area contributed by atoms with Crippen LogP contribution in [0.15, 0.2) is 60.7 Å². The lowest BCUT2D eigenvalue weighted by atomic mass is 10.1. The van der Waals surface area contributed by atoms with Crippen molar-refractivity contribution < 1.29 is 22.7 Å². The Hall–Kier alpha value is -3.39. The van der Waals surface area contributed by atoms with Crippen molar-refractivity contribution in [1.29, 1.82) is 0 Å². The zero-order valence-corrected chi connectivity index (χ0v) is 17.0. The molecule has 0 radical (unpaired) electrons. The van der Waals surface area contributed by atoms with Gasteiger partial charge in [-0.15, -0.1) is 0 Å². The highest BCUT2D eigenvalue weighted by atomic mass is 32.1. The number of fused-ring (bicyclic) bond motifs is 1. The van der Waals surface area contributed by atoms with E-state index in [-0.39, 0.29) is 40.5 Å². The standard InChI is InChI=1S/C23H17F3N2O2S/c24-16-4-1-14(2-5-16)9-10-27-22(29)11-15-3-7-18(13-19(15)26)30-23-28-20-8-6-17(25)12-21(20)31-23/h1-8,12-13H,9-11H2,(H,27,29). The van der Waals surface area contributed by atoms with Crippen LogP contribution in [0.1, 0.15) is 11.1 Å². The SMILES string of the molecule is O=C(Cc1ccc(Oc2nc3ccc(F)cc3s2)cc1F)NCCc1ccc(F)cc1. The number of halogens is 3. The maximum Gasteiger partial charge on any atom is 0.279 e. The number of nitrogens with one attached hydrogen (secondary N) is 1. The molecule has 4 rings (SSSR count). The summed E-state index contributed by atoms with van der Waals surface area (Å²) in [5.41, 5.74) is 1.72. The molecular formula is C23H17F3N2O2S. The summed E-state index contributed by atoms with van der Waals surface area (Å²) in [5, 5.41) is 3.00. The second-order valence-corrected chi connectivity index (χ2v) is 7.84. The first-order valence-electron chi connectivity index (χ1n) is 9.50. The molecular weight excluding hydrogens is 425 g/mol. The van der Waals surface area contributed by atoms with Crippen molar-refractivity contribution in [1.82, 2.24) is 10.3 Å². The minimum absolute atomic E-state index is 0.115. The fourth-order valence-electron chi connectivity index (χ4n) is 2.99. The summed E-state index contributed by atoms with van der Waals surface area (Å²) in [5.74, 6) is -1.33. The number of carbonyl (C=O) groups is 1. The molecule has 8 heteroatoms. The summed E-state index contributed by atoms with van der Waals surface area (Å²) in [6, 6.07) is 14.5. The lowest BCUT2D eigenvalue weighted by molar-refractivity contribution is -0.120. The predicted molar refractivity (Wildman–Crippen MR) is 113 cm³/mol. The smallest absolute Gasteiger partial charge is 0.279 e. The number of nitrogens with zero attached hydrogens (tertiary/aromatic N) is 1. The van der Waals surface area contributed by atoms with Crippen molar-refractivity contribution in [3.63, 3.8) is 0 Å². The van der Waals surface area contributed by atoms with E-state index in [9.17, 15) is 18.0 Å². The number of aromatic nitrogens is 1. The maximum atomic E-state index is 14.4. The number of hydrogen-bond acceptors (Lipinski definition) is 4. The average Bonchev–Trinajstić information content (AvgIpc) is 3.13. The molecule has 1 amide bonds. The van der Waals surface area contributed by atoms with Crippen molar-refractivity contribution in [2.24, 2.45) is 0 Å². The number of amides is 1. The van der Waals surface area contributed by atoms with E-state index in [1.807, 2.05) is 0 Å². The van der Waals surface area contributed by atoms with Crippen LogP contribution in [0.5, 0.6) is 10.9 Å². The van der Waals surface area contributed by atoms with Gasteiger partial charge in [0.1, 0.15) is 23.2 Å². The molecule has 0 saturated carbocycles. The molecule has 158 valence electrons. The molecule has 0 aliphatic carbocycles. The van der Waals surface area contributed by atoms with Gasteiger partial charge in [0.25, 0.3) is 5.19 Å². The lowest BCUT2D eigenvalue weighted by Crippen LogP contribution is -2.27. The largest absolute Gasteiger partial charge is 0.431 e. The number of thiazole rings is 1. The average molecular weight is 442 g/mol. The van der Waals surface area contributed by atoms with Gasteiger partial charge < -0.3 is 10.1 Å². The maximum absolute atomic E-state index is 14.4. The van der Waals surface area contributed by atoms with Gasteiger partial charge in [-0.2, -0.15) is 0 Å². The molecule has 0 aliphatic rings. The highest BCUT2D eigenvalue weighted by molar-refractivity contribution is 7.20. The van der Waals surface area contributed by atoms with E-state index in [4.69, 9.17) is 4.74 Å². The van der Waals surface area contributed by atoms with Gasteiger partial charge >= 0.3 is 0 Å². The number of rotatable bonds is 7. The third-order valence-electron chi connectivity index (χ3n) is 4.56. The summed E-state index contributed by atoms with van der Waals surface area (Å²) >= 11 is 1.15. The molecule has 1 N–H and O–H groups in total. The summed E-state index contributed by atoms with van der Waals surface area (Å²) in [6.07, 6.45) is 0.434. The predicted octanol–water partition coefficient (Wildman–Crippen LogP) is 5.41. The highest BCUT2D eigenvalue weighted by Crippen LogP contribution is 2.32. The minimum atomic E-state index is -0.571. The van der Waals surface area contributed by atoms with Crippen LogP contribution in [0.25, 0.3) is 10.2 Å². The van der Waals surface area contributed by atoms with E-state index in [1.165, 1.54) is 36.4 Å². The van der Waals surface area contributed by atoms with E-state index >= 15 is 0 Å². The molecule has 1 heterocycles. The summed E-state index contributed by atoms with van der Waals surface area (Å²) in [7, 11) is 0. The molecule has 31 heavy (non-hydrogen) atoms. The molecule has 0 bridgehead atoms. The topological polar surface area (TPSA) is 51.2 Å². The van der Waals surface area contributed by atoms with Gasteiger partial charge in [-0.05, 0) is 53.9 Å². The fraction of sp³-hybridized carbons (Fsp3) is 0.130. The molecule has 0 fully saturated rings. The second kappa shape index (κ2) is 9.18. The van der Waals surface area contributed by atoms with Gasteiger partial charge in [0.05, 0.1) is 16.6 Å². The third-order valence-corrected chi connectivity index (χ3v) is 5.46. The van der Waals surface area contributed by atoms with Crippen molar-refractivity contribution in [3.05, 3.63) is 89.2 Å². The van der Waals surface area contributed by atoms with E-state index in [1.54, 1.807) is 24.3 Å². The van der Waals surface area contributed by atoms with Crippen LogP contribution in [-0.2, 0) is 17.6 Å². The van der Waals surface area contributed by atoms with Gasteiger partial charge in [-0.3, -0.25) is 4.79 Å². The lowest BCUT2D eigenvalue weighted by Gasteiger charge is -2.08. The van der Waals surface area contributed by atoms with Gasteiger partial charge in [0, 0.05) is 12.6 Å². The van der Waals surface area contributed by atoms with Crippen LogP contribution >= 0.6 is 11.3 Å². The van der Waals surface area contributed by atoms with E-state index in [0.29, 0.717) is 23.2 Å². The molecule has 0 saturated heterocycles. The number of benzene rings is 3. The van der Waals surface area contributed by atoms with E-state index in [0.717, 1.165) is 16.9 Å². The Kier molecular flexibility index (Phi) is 6.18. The normalized spacial score (nSPS) is 10.9. The van der Waals surface area contributed by atoms with Crippen LogP contribution in [0.4, 0.5) is 13.2 Å². The number of ether oxygens (including phenoxy) is 1. The van der Waals surface area contributed by atoms with Gasteiger partial charge in [0.2, 0.25) is 5.91 Å². The first kappa shape index (κ1) is 20.9. The van der Waals surface area contributed by atoms with Crippen LogP contribution in [0, 0.1) is 17.5 Å². The van der Waals surface area contributed by atoms with Crippen molar-refractivity contribution in [3.8, 4) is 10.9 Å². The Morgan fingerprint density at radius 2 is 1.74 bits per heavy atom. The first-order chi connectivity index (χ1) is 15.0. The number of hydrogen-bond donors (Lipinski definition) is 1. The van der Waals surface area contributed by atoms with Crippen molar-refractivity contribution in [2.75, 3.05) is 6.54 Å². The first-order valence-corrected chi connectivity index (χ1v) is 10.3. The molecule has 1 aromatic heterocycles. The molecule has 0 atom stereocenters. The second-order valence-electron chi connectivity index (χ2n) is 6.85. The Bertz CT molecular complexity index is 1230. The Morgan fingerprint density at radius 1 is 0.968 bits per heavy atom. The third kappa shape index (κ3) is 5.40. The van der Waals surface area contributed by atoms with Crippen molar-refractivity contribution >= 4 is 27.5 Å². The zero-order chi connectivity index (χ0) is 21.8. The Balaban J connectivity index is 1.33. The quantitative estimate of drug-likeness (QED) is 0.417. The number of carbonyl (C=O) groups excluding carboxylic acids is 1. The van der Waals surface area contributed by atoms with E-state index < -0.39 is 5.82 Å². The minimum Gasteiger partial charge on any atom is -0.431 e. The van der Waals surface area contributed by atoms with Crippen LogP contribution in [0.2, 0.25) is 0 Å². The van der Waals surface area contributed by atoms with Crippen molar-refractivity contribution in [2.45, 2.75) is 12.8 Å². The highest BCUT2D eigenvalue weighted by Gasteiger charge is 2.12. The molecule has 0 unspecified atom stereocenters. The summed E-state index contributed by atoms with van der Waals surface area (Å²) in [6.45, 7) is 0.367. The van der Waals surface area contributed by atoms with Gasteiger partial charge in [0.15, 0.2) is 0 Å². The molecule has 4 nitrogen and oxygen atoms in total. The van der Waals surface area contributed by atoms with E-state index in [2.05, 4.69) is 10.3 Å². The molecule has 0 aliphatic heterocycles. The fourth-order valence-corrected chi connectivity index (χ4v) is 3.85. The Morgan fingerprint density at radius 3 is 2.52 bits per heavy atom. The van der Waals surface area contributed by atoms with Crippen LogP contribution in [0.3, 0.4) is 0 Å². The van der Waals surface area contributed by atoms with Gasteiger partial charge in [-0.1, -0.05) is 29.5 Å². The van der Waals surface area contributed by atoms with Gasteiger partial charge in [-0.25, -0.2) is 18.2 Å². The molecule has 0 spiro atoms.